The van der Waals surface area contributed by atoms with Crippen LogP contribution in [0.25, 0.3) is 11.2 Å². The Labute approximate surface area is 188 Å². The topological polar surface area (TPSA) is 175 Å². The van der Waals surface area contributed by atoms with Gasteiger partial charge in [-0.3, -0.25) is 13.9 Å². The third-order valence-corrected chi connectivity index (χ3v) is 6.36. The van der Waals surface area contributed by atoms with E-state index in [4.69, 9.17) is 19.8 Å². The summed E-state index contributed by atoms with van der Waals surface area (Å²) in [6, 6.07) is 7.09. The number of aromatic nitrogens is 4. The number of hydroxylamine groups is 1. The van der Waals surface area contributed by atoms with Crippen molar-refractivity contribution in [2.75, 3.05) is 12.3 Å². The van der Waals surface area contributed by atoms with E-state index in [0.717, 1.165) is 4.83 Å². The molecule has 14 heteroatoms. The van der Waals surface area contributed by atoms with Crippen LogP contribution >= 0.6 is 8.18 Å². The SMILES string of the molecule is CC(C(=O)O)N(Oc1ccccc1)[PH](=O)OC[C@H]1O[C@@H](n2cnc3c(N)ncnc32)C[C@@H]1O. The first-order valence-electron chi connectivity index (χ1n) is 10.0. The van der Waals surface area contributed by atoms with Crippen molar-refractivity contribution in [3.8, 4) is 5.75 Å². The second-order valence-corrected chi connectivity index (χ2v) is 8.60. The van der Waals surface area contributed by atoms with Crippen molar-refractivity contribution in [3.63, 3.8) is 0 Å². The van der Waals surface area contributed by atoms with E-state index in [1.165, 1.54) is 19.6 Å². The summed E-state index contributed by atoms with van der Waals surface area (Å²) in [6.07, 6.45) is 0.646. The fourth-order valence-corrected chi connectivity index (χ4v) is 4.34. The van der Waals surface area contributed by atoms with Crippen LogP contribution in [0.2, 0.25) is 0 Å². The van der Waals surface area contributed by atoms with E-state index < -0.39 is 38.6 Å². The maximum absolute atomic E-state index is 12.8. The fourth-order valence-electron chi connectivity index (χ4n) is 3.30. The highest BCUT2D eigenvalue weighted by Gasteiger charge is 2.37. The van der Waals surface area contributed by atoms with Crippen molar-refractivity contribution in [3.05, 3.63) is 43.0 Å². The zero-order valence-electron chi connectivity index (χ0n) is 17.5. The first-order chi connectivity index (χ1) is 15.8. The number of nitrogens with two attached hydrogens (primary N) is 1. The lowest BCUT2D eigenvalue weighted by atomic mass is 10.2. The molecule has 0 radical (unpaired) electrons. The third-order valence-electron chi connectivity index (χ3n) is 5.11. The molecular formula is C19H23N6O7P. The van der Waals surface area contributed by atoms with Gasteiger partial charge in [0.2, 0.25) is 0 Å². The highest BCUT2D eigenvalue weighted by molar-refractivity contribution is 7.36. The van der Waals surface area contributed by atoms with Crippen LogP contribution in [0, 0.1) is 0 Å². The van der Waals surface area contributed by atoms with Crippen molar-refractivity contribution >= 4 is 31.1 Å². The molecule has 33 heavy (non-hydrogen) atoms. The largest absolute Gasteiger partial charge is 0.480 e. The number of para-hydroxylation sites is 1. The molecule has 2 aromatic heterocycles. The highest BCUT2D eigenvalue weighted by atomic mass is 31.1. The van der Waals surface area contributed by atoms with Crippen molar-refractivity contribution in [2.24, 2.45) is 0 Å². The quantitative estimate of drug-likeness (QED) is 0.297. The number of carbonyl (C=O) groups is 1. The number of aliphatic carboxylic acids is 1. The molecule has 0 amide bonds. The van der Waals surface area contributed by atoms with Crippen LogP contribution in [0.3, 0.4) is 0 Å². The zero-order chi connectivity index (χ0) is 23.5. The molecule has 4 rings (SSSR count). The van der Waals surface area contributed by atoms with Gasteiger partial charge in [0.1, 0.15) is 36.0 Å². The molecule has 3 aromatic rings. The van der Waals surface area contributed by atoms with Crippen LogP contribution in [-0.4, -0.2) is 65.4 Å². The number of fused-ring (bicyclic) bond motifs is 1. The molecule has 13 nitrogen and oxygen atoms in total. The Morgan fingerprint density at radius 3 is 2.85 bits per heavy atom. The molecule has 3 heterocycles. The van der Waals surface area contributed by atoms with E-state index in [0.29, 0.717) is 16.9 Å². The van der Waals surface area contributed by atoms with E-state index >= 15 is 0 Å². The van der Waals surface area contributed by atoms with Gasteiger partial charge < -0.3 is 30.0 Å². The molecule has 0 aliphatic carbocycles. The van der Waals surface area contributed by atoms with Crippen molar-refractivity contribution in [1.82, 2.24) is 24.4 Å². The molecule has 5 atom stereocenters. The number of carboxylic acids is 1. The fraction of sp³-hybridized carbons (Fsp3) is 0.368. The Morgan fingerprint density at radius 2 is 2.12 bits per heavy atom. The number of imidazole rings is 1. The molecule has 1 aliphatic heterocycles. The van der Waals surface area contributed by atoms with E-state index in [2.05, 4.69) is 15.0 Å². The molecule has 0 saturated carbocycles. The van der Waals surface area contributed by atoms with Crippen LogP contribution < -0.4 is 10.6 Å². The maximum Gasteiger partial charge on any atom is 0.324 e. The Morgan fingerprint density at radius 1 is 1.36 bits per heavy atom. The molecule has 1 saturated heterocycles. The van der Waals surface area contributed by atoms with Gasteiger partial charge in [-0.2, -0.15) is 0 Å². The van der Waals surface area contributed by atoms with E-state index in [1.807, 2.05) is 0 Å². The molecule has 4 N–H and O–H groups in total. The zero-order valence-corrected chi connectivity index (χ0v) is 18.5. The van der Waals surface area contributed by atoms with E-state index in [-0.39, 0.29) is 18.8 Å². The smallest absolute Gasteiger partial charge is 0.324 e. The van der Waals surface area contributed by atoms with Crippen LogP contribution in [0.15, 0.2) is 43.0 Å². The standard InChI is InChI=1S/C19H23N6O7P/c1-11(19(27)28)25(32-12-5-3-2-4-6-12)33(29)30-8-14-13(26)7-15(31-14)24-10-23-16-17(20)21-9-22-18(16)24/h2-6,9-11,13-15,26,33H,7-8H2,1H3,(H,27,28)(H2,20,21,22)/t11?,13-,14+,15+/m0/s1. The summed E-state index contributed by atoms with van der Waals surface area (Å²) in [5, 5.41) is 19.8. The predicted octanol–water partition coefficient (Wildman–Crippen LogP) is 1.23. The number of aliphatic hydroxyl groups is 1. The lowest BCUT2D eigenvalue weighted by molar-refractivity contribution is -0.148. The van der Waals surface area contributed by atoms with Crippen molar-refractivity contribution in [1.29, 1.82) is 0 Å². The number of rotatable bonds is 9. The molecule has 1 aromatic carbocycles. The van der Waals surface area contributed by atoms with Gasteiger partial charge in [-0.25, -0.2) is 15.0 Å². The molecule has 176 valence electrons. The summed E-state index contributed by atoms with van der Waals surface area (Å²) in [5.41, 5.74) is 6.67. The molecular weight excluding hydrogens is 455 g/mol. The predicted molar refractivity (Wildman–Crippen MR) is 115 cm³/mol. The minimum Gasteiger partial charge on any atom is -0.480 e. The van der Waals surface area contributed by atoms with Gasteiger partial charge in [-0.1, -0.05) is 23.0 Å². The summed E-state index contributed by atoms with van der Waals surface area (Å²) in [6.45, 7) is 1.08. The number of hydrogen-bond acceptors (Lipinski definition) is 10. The van der Waals surface area contributed by atoms with Gasteiger partial charge in [-0.15, -0.1) is 0 Å². The Hall–Kier alpha value is -3.09. The second kappa shape index (κ2) is 9.81. The van der Waals surface area contributed by atoms with Gasteiger partial charge >= 0.3 is 5.97 Å². The van der Waals surface area contributed by atoms with Crippen LogP contribution in [0.4, 0.5) is 5.82 Å². The van der Waals surface area contributed by atoms with E-state index in [9.17, 15) is 19.6 Å². The average Bonchev–Trinajstić information content (AvgIpc) is 3.40. The van der Waals surface area contributed by atoms with Crippen molar-refractivity contribution in [2.45, 2.75) is 37.8 Å². The number of nitrogen functional groups attached to an aromatic ring is 1. The monoisotopic (exact) mass is 478 g/mol. The summed E-state index contributed by atoms with van der Waals surface area (Å²) >= 11 is 0. The Balaban J connectivity index is 1.42. The number of benzene rings is 1. The molecule has 0 bridgehead atoms. The first-order valence-corrected chi connectivity index (χ1v) is 11.3. The van der Waals surface area contributed by atoms with Gasteiger partial charge in [0.15, 0.2) is 11.5 Å². The lowest BCUT2D eigenvalue weighted by Crippen LogP contribution is -2.37. The van der Waals surface area contributed by atoms with Crippen LogP contribution in [0.1, 0.15) is 19.6 Å². The normalized spacial score (nSPS) is 22.5. The Bertz CT molecular complexity index is 1150. The van der Waals surface area contributed by atoms with Gasteiger partial charge in [0.25, 0.3) is 8.18 Å². The number of hydrogen-bond donors (Lipinski definition) is 3. The summed E-state index contributed by atoms with van der Waals surface area (Å²) in [4.78, 5) is 30.0. The van der Waals surface area contributed by atoms with Crippen molar-refractivity contribution < 1.29 is 33.7 Å². The number of carboxylic acid groups (broad SMARTS) is 1. The summed E-state index contributed by atoms with van der Waals surface area (Å²) in [7, 11) is -3.16. The molecule has 1 aliphatic rings. The van der Waals surface area contributed by atoms with Crippen LogP contribution in [-0.2, 0) is 18.6 Å². The highest BCUT2D eigenvalue weighted by Crippen LogP contribution is 2.36. The Kier molecular flexibility index (Phi) is 6.86. The third kappa shape index (κ3) is 4.97. The maximum atomic E-state index is 12.8. The first kappa shape index (κ1) is 23.1. The molecule has 2 unspecified atom stereocenters. The molecule has 1 fully saturated rings. The minimum atomic E-state index is -3.16. The number of aliphatic hydroxyl groups excluding tert-OH is 1. The number of anilines is 1. The lowest BCUT2D eigenvalue weighted by Gasteiger charge is -2.25. The second-order valence-electron chi connectivity index (χ2n) is 7.34. The van der Waals surface area contributed by atoms with Gasteiger partial charge in [0, 0.05) is 6.42 Å². The van der Waals surface area contributed by atoms with Crippen LogP contribution in [0.5, 0.6) is 5.75 Å². The number of nitrogens with zero attached hydrogens (tertiary/aromatic N) is 5. The average molecular weight is 478 g/mol. The summed E-state index contributed by atoms with van der Waals surface area (Å²) < 4.78 is 25.7. The van der Waals surface area contributed by atoms with Gasteiger partial charge in [-0.05, 0) is 19.1 Å². The minimum absolute atomic E-state index is 0.208. The number of ether oxygens (including phenoxy) is 1. The molecule has 0 spiro atoms. The van der Waals surface area contributed by atoms with Gasteiger partial charge in [0.05, 0.1) is 19.0 Å². The summed E-state index contributed by atoms with van der Waals surface area (Å²) in [5.74, 6) is -0.710. The van der Waals surface area contributed by atoms with E-state index in [1.54, 1.807) is 34.9 Å².